The van der Waals surface area contributed by atoms with E-state index >= 15 is 8.78 Å². The zero-order valence-electron chi connectivity index (χ0n) is 31.6. The summed E-state index contributed by atoms with van der Waals surface area (Å²) in [6.07, 6.45) is 10.7. The zero-order valence-corrected chi connectivity index (χ0v) is 33.3. The van der Waals surface area contributed by atoms with Gasteiger partial charge in [0.25, 0.3) is 0 Å². The van der Waals surface area contributed by atoms with Crippen LogP contribution in [-0.2, 0) is 51.1 Å². The first kappa shape index (κ1) is 44.9. The lowest BCUT2D eigenvalue weighted by molar-refractivity contribution is -0.146. The van der Waals surface area contributed by atoms with Crippen LogP contribution in [0.1, 0.15) is 39.5 Å². The van der Waals surface area contributed by atoms with Gasteiger partial charge in [0, 0.05) is 22.4 Å². The Labute approximate surface area is 342 Å². The Morgan fingerprint density at radius 1 is 1.03 bits per heavy atom. The van der Waals surface area contributed by atoms with Gasteiger partial charge in [0.05, 0.1) is 56.5 Å². The maximum atomic E-state index is 16.0. The Bertz CT molecular complexity index is 2230. The number of nitriles is 1. The molecule has 0 unspecified atom stereocenters. The number of allylic oxidation sites excluding steroid dienone is 2. The van der Waals surface area contributed by atoms with Crippen LogP contribution in [0, 0.1) is 34.6 Å². The van der Waals surface area contributed by atoms with E-state index in [1.807, 2.05) is 6.07 Å². The van der Waals surface area contributed by atoms with Crippen LogP contribution in [0.15, 0.2) is 111 Å². The lowest BCUT2D eigenvalue weighted by atomic mass is 9.89. The molecule has 310 valence electrons. The highest BCUT2D eigenvalue weighted by molar-refractivity contribution is 8.00. The third kappa shape index (κ3) is 12.0. The van der Waals surface area contributed by atoms with E-state index in [1.165, 1.54) is 71.6 Å². The third-order valence-corrected chi connectivity index (χ3v) is 11.5. The molecule has 1 saturated heterocycles. The largest absolute Gasteiger partial charge is 0.475 e. The Morgan fingerprint density at radius 3 is 2.42 bits per heavy atom. The number of rotatable bonds is 20. The van der Waals surface area contributed by atoms with E-state index in [2.05, 4.69) is 23.2 Å². The maximum Gasteiger partial charge on any atom is 0.475 e. The summed E-state index contributed by atoms with van der Waals surface area (Å²) in [5.41, 5.74) is -2.52. The molecule has 1 fully saturated rings. The molecular formula is C41H39F4N4O8PS. The molecule has 5 rings (SSSR count). The summed E-state index contributed by atoms with van der Waals surface area (Å²) in [6.45, 7) is 7.46. The second kappa shape index (κ2) is 21.2. The molecule has 3 aromatic carbocycles. The van der Waals surface area contributed by atoms with Gasteiger partial charge < -0.3 is 14.2 Å². The molecule has 4 aromatic rings. The van der Waals surface area contributed by atoms with Crippen molar-refractivity contribution in [2.24, 2.45) is 0 Å². The number of nitrogens with zero attached hydrogens (tertiary/aromatic N) is 4. The average Bonchev–Trinajstić information content (AvgIpc) is 3.74. The molecule has 0 N–H and O–H groups in total. The Morgan fingerprint density at radius 2 is 1.78 bits per heavy atom. The van der Waals surface area contributed by atoms with Crippen LogP contribution in [0.5, 0.6) is 0 Å². The zero-order chi connectivity index (χ0) is 42.4. The second-order valence-corrected chi connectivity index (χ2v) is 16.0. The van der Waals surface area contributed by atoms with Gasteiger partial charge in [0.15, 0.2) is 11.9 Å². The molecule has 0 spiro atoms. The molecule has 59 heavy (non-hydrogen) atoms. The normalized spacial score (nSPS) is 17.4. The summed E-state index contributed by atoms with van der Waals surface area (Å²) in [4.78, 5) is 18.3. The van der Waals surface area contributed by atoms with Crippen molar-refractivity contribution >= 4 is 31.6 Å². The fourth-order valence-corrected chi connectivity index (χ4v) is 8.27. The van der Waals surface area contributed by atoms with Crippen molar-refractivity contribution in [3.8, 4) is 6.07 Å². The number of phosphoric ester groups is 1. The molecule has 0 amide bonds. The third-order valence-electron chi connectivity index (χ3n) is 8.64. The summed E-state index contributed by atoms with van der Waals surface area (Å²) in [7, 11) is -4.27. The van der Waals surface area contributed by atoms with Gasteiger partial charge in [-0.1, -0.05) is 48.6 Å². The number of phosphoric acid groups is 1. The molecule has 18 heteroatoms. The maximum absolute atomic E-state index is 16.0. The molecule has 1 aromatic heterocycles. The van der Waals surface area contributed by atoms with Crippen LogP contribution >= 0.6 is 19.6 Å². The highest BCUT2D eigenvalue weighted by atomic mass is 32.2. The van der Waals surface area contributed by atoms with Gasteiger partial charge in [-0.15, -0.1) is 24.9 Å². The van der Waals surface area contributed by atoms with E-state index in [4.69, 9.17) is 33.0 Å². The number of esters is 1. The highest BCUT2D eigenvalue weighted by Gasteiger charge is 2.47. The summed E-state index contributed by atoms with van der Waals surface area (Å²) >= 11 is 1.21. The summed E-state index contributed by atoms with van der Waals surface area (Å²) in [5, 5.41) is 11.8. The fourth-order valence-electron chi connectivity index (χ4n) is 5.81. The molecule has 0 bridgehead atoms. The highest BCUT2D eigenvalue weighted by Crippen LogP contribution is 2.50. The van der Waals surface area contributed by atoms with Crippen LogP contribution in [0.25, 0.3) is 6.08 Å². The Kier molecular flexibility index (Phi) is 16.1. The number of carbonyl (C=O) groups excluding carboxylic acids is 1. The van der Waals surface area contributed by atoms with Gasteiger partial charge in [-0.3, -0.25) is 13.6 Å². The molecule has 0 aliphatic carbocycles. The fraction of sp³-hybridized carbons (Fsp3) is 0.268. The van der Waals surface area contributed by atoms with Gasteiger partial charge in [0.1, 0.15) is 41.5 Å². The van der Waals surface area contributed by atoms with Gasteiger partial charge in [0.2, 0.25) is 0 Å². The SMILES string of the molecule is C=CCOP(=O)(OCC=C)OCc1cccc(F)c1C(=O)O[C@@](Cn1cncn1)(c1ccc(F)cc1F)[C@@H](C)SC1COC(/C=C/C=C/c2ccc(C#N)cc2F)OC1. The number of hydrogen-bond donors (Lipinski definition) is 0. The Hall–Kier alpha value is -5.18. The summed E-state index contributed by atoms with van der Waals surface area (Å²) in [5.74, 6) is -4.80. The van der Waals surface area contributed by atoms with E-state index < -0.39 is 71.6 Å². The number of hydrogen-bond acceptors (Lipinski definition) is 12. The van der Waals surface area contributed by atoms with Crippen LogP contribution in [0.4, 0.5) is 17.6 Å². The first-order chi connectivity index (χ1) is 28.4. The van der Waals surface area contributed by atoms with Gasteiger partial charge >= 0.3 is 13.8 Å². The molecule has 12 nitrogen and oxygen atoms in total. The van der Waals surface area contributed by atoms with E-state index in [0.717, 1.165) is 24.3 Å². The summed E-state index contributed by atoms with van der Waals surface area (Å²) < 4.78 is 109. The second-order valence-electron chi connectivity index (χ2n) is 12.7. The van der Waals surface area contributed by atoms with Crippen LogP contribution in [0.2, 0.25) is 0 Å². The predicted octanol–water partition coefficient (Wildman–Crippen LogP) is 8.62. The molecule has 2 heterocycles. The summed E-state index contributed by atoms with van der Waals surface area (Å²) in [6, 6.07) is 12.4. The first-order valence-corrected chi connectivity index (χ1v) is 20.3. The first-order valence-electron chi connectivity index (χ1n) is 17.9. The van der Waals surface area contributed by atoms with Crippen molar-refractivity contribution in [3.05, 3.63) is 162 Å². The monoisotopic (exact) mass is 854 g/mol. The van der Waals surface area contributed by atoms with Crippen molar-refractivity contribution < 1.29 is 54.7 Å². The Balaban J connectivity index is 1.40. The van der Waals surface area contributed by atoms with Crippen molar-refractivity contribution in [2.75, 3.05) is 26.4 Å². The number of thioether (sulfide) groups is 1. The topological polar surface area (TPSA) is 144 Å². The number of aromatic nitrogens is 3. The predicted molar refractivity (Wildman–Crippen MR) is 210 cm³/mol. The molecule has 0 radical (unpaired) electrons. The standard InChI is InChI=1S/C41H39F4N4O8PS/c1-4-17-54-58(51,55-18-5-2)56-22-31-10-8-11-35(43)39(31)40(50)57-41(25-49-27-47-26-48-49,34-16-15-32(42)20-37(34)45)28(3)59-33-23-52-38(53-24-33)12-7-6-9-30-14-13-29(21-46)19-36(30)44/h4-16,19-20,26-28,33,38H,1-2,17-18,22-25H2,3H3/b9-6+,12-7+/t28-,33?,38?,41-/m1/s1. The van der Waals surface area contributed by atoms with Crippen LogP contribution in [-0.4, -0.2) is 64.0 Å². The number of ether oxygens (including phenoxy) is 3. The van der Waals surface area contributed by atoms with Crippen molar-refractivity contribution in [3.63, 3.8) is 0 Å². The molecule has 0 saturated carbocycles. The molecular weight excluding hydrogens is 816 g/mol. The van der Waals surface area contributed by atoms with Gasteiger partial charge in [-0.2, -0.15) is 10.4 Å². The quantitative estimate of drug-likeness (QED) is 0.0276. The average molecular weight is 855 g/mol. The van der Waals surface area contributed by atoms with E-state index in [-0.39, 0.29) is 55.2 Å². The van der Waals surface area contributed by atoms with Crippen LogP contribution < -0.4 is 0 Å². The van der Waals surface area contributed by atoms with Crippen molar-refractivity contribution in [2.45, 2.75) is 42.5 Å². The van der Waals surface area contributed by atoms with Crippen LogP contribution in [0.3, 0.4) is 0 Å². The lowest BCUT2D eigenvalue weighted by Gasteiger charge is -2.40. The number of carbonyl (C=O) groups is 1. The van der Waals surface area contributed by atoms with Crippen molar-refractivity contribution in [1.82, 2.24) is 14.8 Å². The van der Waals surface area contributed by atoms with Gasteiger partial charge in [-0.05, 0) is 48.9 Å². The minimum atomic E-state index is -4.27. The minimum absolute atomic E-state index is 0.112. The van der Waals surface area contributed by atoms with E-state index in [1.54, 1.807) is 25.2 Å². The van der Waals surface area contributed by atoms with E-state index in [0.29, 0.717) is 6.07 Å². The smallest absolute Gasteiger partial charge is 0.447 e. The molecule has 2 atom stereocenters. The molecule has 1 aliphatic rings. The minimum Gasteiger partial charge on any atom is -0.447 e. The van der Waals surface area contributed by atoms with Crippen molar-refractivity contribution in [1.29, 1.82) is 5.26 Å². The lowest BCUT2D eigenvalue weighted by Crippen LogP contribution is -2.47. The number of halogens is 4. The van der Waals surface area contributed by atoms with E-state index in [9.17, 15) is 18.1 Å². The molecule has 1 aliphatic heterocycles. The van der Waals surface area contributed by atoms with Gasteiger partial charge in [-0.25, -0.2) is 36.6 Å². The number of benzene rings is 3.